The van der Waals surface area contributed by atoms with Crippen molar-refractivity contribution in [1.82, 2.24) is 5.32 Å². The van der Waals surface area contributed by atoms with Crippen molar-refractivity contribution in [3.8, 4) is 0 Å². The van der Waals surface area contributed by atoms with Gasteiger partial charge in [0, 0.05) is 6.92 Å². The van der Waals surface area contributed by atoms with Crippen molar-refractivity contribution in [3.05, 3.63) is 0 Å². The van der Waals surface area contributed by atoms with Crippen LogP contribution in [0.2, 0.25) is 0 Å². The van der Waals surface area contributed by atoms with Gasteiger partial charge in [0.05, 0.1) is 0 Å². The molecule has 3 nitrogen and oxygen atoms in total. The van der Waals surface area contributed by atoms with E-state index in [4.69, 9.17) is 0 Å². The molecule has 1 aliphatic carbocycles. The highest BCUT2D eigenvalue weighted by molar-refractivity contribution is 5.73. The molecule has 0 atom stereocenters. The lowest BCUT2D eigenvalue weighted by atomic mass is 10.2. The lowest BCUT2D eigenvalue weighted by Crippen LogP contribution is -2.44. The molecule has 1 saturated carbocycles. The fourth-order valence-corrected chi connectivity index (χ4v) is 1.41. The number of carbonyl (C=O) groups excluding carboxylic acids is 1. The molecule has 0 spiro atoms. The van der Waals surface area contributed by atoms with Crippen LogP contribution in [0.4, 0.5) is 0 Å². The van der Waals surface area contributed by atoms with E-state index < -0.39 is 5.72 Å². The third-order valence-corrected chi connectivity index (χ3v) is 1.84. The predicted molar refractivity (Wildman–Crippen MR) is 37.2 cm³/mol. The van der Waals surface area contributed by atoms with E-state index in [1.165, 1.54) is 6.92 Å². The van der Waals surface area contributed by atoms with Crippen molar-refractivity contribution in [2.75, 3.05) is 0 Å². The molecule has 0 bridgehead atoms. The third-order valence-electron chi connectivity index (χ3n) is 1.84. The molecule has 1 rings (SSSR count). The van der Waals surface area contributed by atoms with Gasteiger partial charge in [0.1, 0.15) is 5.72 Å². The van der Waals surface area contributed by atoms with Gasteiger partial charge in [0.2, 0.25) is 5.91 Å². The first-order chi connectivity index (χ1) is 4.62. The van der Waals surface area contributed by atoms with E-state index in [2.05, 4.69) is 5.32 Å². The number of amides is 1. The van der Waals surface area contributed by atoms with Crippen LogP contribution in [0.3, 0.4) is 0 Å². The minimum atomic E-state index is -0.883. The summed E-state index contributed by atoms with van der Waals surface area (Å²) >= 11 is 0. The highest BCUT2D eigenvalue weighted by atomic mass is 16.3. The summed E-state index contributed by atoms with van der Waals surface area (Å²) in [6.45, 7) is 1.43. The van der Waals surface area contributed by atoms with Crippen molar-refractivity contribution in [3.63, 3.8) is 0 Å². The first kappa shape index (κ1) is 7.54. The van der Waals surface area contributed by atoms with E-state index in [-0.39, 0.29) is 5.91 Å². The molecule has 0 aliphatic heterocycles. The van der Waals surface area contributed by atoms with Crippen molar-refractivity contribution >= 4 is 5.91 Å². The van der Waals surface area contributed by atoms with Gasteiger partial charge in [-0.15, -0.1) is 0 Å². The summed E-state index contributed by atoms with van der Waals surface area (Å²) in [5.41, 5.74) is -0.883. The van der Waals surface area contributed by atoms with Crippen LogP contribution in [-0.4, -0.2) is 16.7 Å². The molecule has 1 aliphatic rings. The zero-order valence-corrected chi connectivity index (χ0v) is 6.18. The smallest absolute Gasteiger partial charge is 0.219 e. The van der Waals surface area contributed by atoms with Gasteiger partial charge in [-0.1, -0.05) is 0 Å². The topological polar surface area (TPSA) is 49.3 Å². The average Bonchev–Trinajstić information content (AvgIpc) is 2.12. The molecular weight excluding hydrogens is 130 g/mol. The molecule has 0 unspecified atom stereocenters. The second-order valence-corrected chi connectivity index (χ2v) is 2.92. The van der Waals surface area contributed by atoms with Crippen LogP contribution in [0.1, 0.15) is 32.6 Å². The Hall–Kier alpha value is -0.570. The highest BCUT2D eigenvalue weighted by Crippen LogP contribution is 2.26. The second kappa shape index (κ2) is 2.58. The summed E-state index contributed by atoms with van der Waals surface area (Å²) in [6, 6.07) is 0. The summed E-state index contributed by atoms with van der Waals surface area (Å²) in [6.07, 6.45) is 3.42. The Balaban J connectivity index is 2.43. The molecule has 1 amide bonds. The normalized spacial score (nSPS) is 22.6. The van der Waals surface area contributed by atoms with Crippen molar-refractivity contribution in [1.29, 1.82) is 0 Å². The number of aliphatic hydroxyl groups is 1. The zero-order chi connectivity index (χ0) is 7.61. The number of nitrogens with one attached hydrogen (secondary N) is 1. The predicted octanol–water partition coefficient (Wildman–Crippen LogP) is 0.385. The monoisotopic (exact) mass is 143 g/mol. The molecule has 2 N–H and O–H groups in total. The molecule has 1 fully saturated rings. The summed E-state index contributed by atoms with van der Waals surface area (Å²) in [5, 5.41) is 12.1. The van der Waals surface area contributed by atoms with Crippen LogP contribution < -0.4 is 5.32 Å². The molecule has 0 heterocycles. The van der Waals surface area contributed by atoms with Gasteiger partial charge in [-0.3, -0.25) is 4.79 Å². The summed E-state index contributed by atoms with van der Waals surface area (Å²) in [4.78, 5) is 10.5. The lowest BCUT2D eigenvalue weighted by Gasteiger charge is -2.22. The number of hydrogen-bond acceptors (Lipinski definition) is 2. The fraction of sp³-hybridized carbons (Fsp3) is 0.857. The van der Waals surface area contributed by atoms with Crippen molar-refractivity contribution in [2.24, 2.45) is 0 Å². The minimum Gasteiger partial charge on any atom is -0.371 e. The van der Waals surface area contributed by atoms with E-state index in [1.807, 2.05) is 0 Å². The van der Waals surface area contributed by atoms with E-state index in [1.54, 1.807) is 0 Å². The van der Waals surface area contributed by atoms with E-state index in [9.17, 15) is 9.90 Å². The van der Waals surface area contributed by atoms with Gasteiger partial charge >= 0.3 is 0 Å². The van der Waals surface area contributed by atoms with Crippen LogP contribution in [0.5, 0.6) is 0 Å². The van der Waals surface area contributed by atoms with Gasteiger partial charge in [-0.2, -0.15) is 0 Å². The largest absolute Gasteiger partial charge is 0.371 e. The standard InChI is InChI=1S/C7H13NO2/c1-6(9)8-7(10)4-2-3-5-7/h10H,2-5H2,1H3,(H,8,9). The molecule has 0 aromatic rings. The Bertz CT molecular complexity index is 139. The highest BCUT2D eigenvalue weighted by Gasteiger charge is 2.31. The number of hydrogen-bond donors (Lipinski definition) is 2. The van der Waals surface area contributed by atoms with Crippen LogP contribution in [0, 0.1) is 0 Å². The van der Waals surface area contributed by atoms with Gasteiger partial charge in [-0.25, -0.2) is 0 Å². The Labute approximate surface area is 60.4 Å². The van der Waals surface area contributed by atoms with Crippen molar-refractivity contribution < 1.29 is 9.90 Å². The first-order valence-corrected chi connectivity index (χ1v) is 3.63. The average molecular weight is 143 g/mol. The molecule has 3 heteroatoms. The van der Waals surface area contributed by atoms with Gasteiger partial charge < -0.3 is 10.4 Å². The van der Waals surface area contributed by atoms with Gasteiger partial charge in [0.25, 0.3) is 0 Å². The first-order valence-electron chi connectivity index (χ1n) is 3.63. The Morgan fingerprint density at radius 2 is 2.00 bits per heavy atom. The SMILES string of the molecule is CC(=O)NC1(O)CCCC1. The lowest BCUT2D eigenvalue weighted by molar-refractivity contribution is -0.126. The number of rotatable bonds is 1. The minimum absolute atomic E-state index is 0.149. The Morgan fingerprint density at radius 1 is 1.50 bits per heavy atom. The summed E-state index contributed by atoms with van der Waals surface area (Å²) in [5.74, 6) is -0.149. The van der Waals surface area contributed by atoms with Gasteiger partial charge in [-0.05, 0) is 25.7 Å². The number of carbonyl (C=O) groups is 1. The maximum Gasteiger partial charge on any atom is 0.219 e. The molecule has 10 heavy (non-hydrogen) atoms. The third kappa shape index (κ3) is 1.70. The van der Waals surface area contributed by atoms with Crippen LogP contribution in [-0.2, 0) is 4.79 Å². The zero-order valence-electron chi connectivity index (χ0n) is 6.18. The molecule has 58 valence electrons. The van der Waals surface area contributed by atoms with E-state index in [0.29, 0.717) is 12.8 Å². The summed E-state index contributed by atoms with van der Waals surface area (Å²) in [7, 11) is 0. The second-order valence-electron chi connectivity index (χ2n) is 2.92. The Kier molecular flexibility index (Phi) is 1.94. The van der Waals surface area contributed by atoms with E-state index in [0.717, 1.165) is 12.8 Å². The van der Waals surface area contributed by atoms with Crippen LogP contribution >= 0.6 is 0 Å². The molecule has 0 aromatic heterocycles. The molecular formula is C7H13NO2. The molecule has 0 saturated heterocycles. The van der Waals surface area contributed by atoms with Crippen molar-refractivity contribution in [2.45, 2.75) is 38.3 Å². The van der Waals surface area contributed by atoms with Crippen LogP contribution in [0.25, 0.3) is 0 Å². The quantitative estimate of drug-likeness (QED) is 0.521. The maximum atomic E-state index is 10.5. The Morgan fingerprint density at radius 3 is 2.40 bits per heavy atom. The van der Waals surface area contributed by atoms with Gasteiger partial charge in [0.15, 0.2) is 0 Å². The summed E-state index contributed by atoms with van der Waals surface area (Å²) < 4.78 is 0. The molecule has 0 radical (unpaired) electrons. The fourth-order valence-electron chi connectivity index (χ4n) is 1.41. The van der Waals surface area contributed by atoms with Crippen LogP contribution in [0.15, 0.2) is 0 Å². The maximum absolute atomic E-state index is 10.5. The van der Waals surface area contributed by atoms with E-state index >= 15 is 0 Å². The molecule has 0 aromatic carbocycles.